The Balaban J connectivity index is 2.83. The molecule has 44 valence electrons. The lowest BCUT2D eigenvalue weighted by molar-refractivity contribution is 0.716. The zero-order chi connectivity index (χ0) is 5.70. The van der Waals surface area contributed by atoms with E-state index >= 15 is 0 Å². The first-order chi connectivity index (χ1) is 3.31. The summed E-state index contributed by atoms with van der Waals surface area (Å²) in [6.07, 6.45) is 0. The van der Waals surface area contributed by atoms with Gasteiger partial charge >= 0.3 is 0 Å². The van der Waals surface area contributed by atoms with Crippen LogP contribution in [0.2, 0.25) is 0 Å². The second kappa shape index (κ2) is 4.69. The Labute approximate surface area is 54.0 Å². The summed E-state index contributed by atoms with van der Waals surface area (Å²) in [5, 5.41) is 2.93. The van der Waals surface area contributed by atoms with Crippen molar-refractivity contribution in [1.29, 1.82) is 0 Å². The van der Waals surface area contributed by atoms with Crippen LogP contribution in [0.4, 0.5) is 0 Å². The van der Waals surface area contributed by atoms with Crippen LogP contribution in [-0.4, -0.2) is 17.9 Å². The summed E-state index contributed by atoms with van der Waals surface area (Å²) in [7, 11) is 0. The van der Waals surface area contributed by atoms with Gasteiger partial charge in [-0.2, -0.15) is 0 Å². The highest BCUT2D eigenvalue weighted by molar-refractivity contribution is 6.27. The maximum absolute atomic E-state index is 5.52. The van der Waals surface area contributed by atoms with Crippen molar-refractivity contribution in [2.45, 2.75) is 12.4 Å². The summed E-state index contributed by atoms with van der Waals surface area (Å²) in [6.45, 7) is 2.86. The zero-order valence-corrected chi connectivity index (χ0v) is 5.76. The van der Waals surface area contributed by atoms with E-state index in [-0.39, 0.29) is 5.50 Å². The molecular weight excluding hydrogens is 133 g/mol. The monoisotopic (exact) mass is 141 g/mol. The van der Waals surface area contributed by atoms with Gasteiger partial charge in [-0.15, -0.1) is 23.2 Å². The predicted molar refractivity (Wildman–Crippen MR) is 34.0 cm³/mol. The summed E-state index contributed by atoms with van der Waals surface area (Å²) in [4.78, 5) is 0. The third-order valence-electron chi connectivity index (χ3n) is 0.561. The van der Waals surface area contributed by atoms with Crippen LogP contribution in [0.15, 0.2) is 0 Å². The van der Waals surface area contributed by atoms with E-state index in [9.17, 15) is 0 Å². The fourth-order valence-corrected chi connectivity index (χ4v) is 0.539. The molecule has 0 heterocycles. The molecule has 0 spiro atoms. The first-order valence-electron chi connectivity index (χ1n) is 2.24. The molecule has 0 bridgehead atoms. The van der Waals surface area contributed by atoms with Crippen molar-refractivity contribution < 1.29 is 0 Å². The van der Waals surface area contributed by atoms with Gasteiger partial charge in [-0.1, -0.05) is 6.92 Å². The molecule has 0 aliphatic carbocycles. The molecule has 0 saturated heterocycles. The van der Waals surface area contributed by atoms with Crippen molar-refractivity contribution in [3.05, 3.63) is 0 Å². The van der Waals surface area contributed by atoms with Crippen molar-refractivity contribution in [3.63, 3.8) is 0 Å². The summed E-state index contributed by atoms with van der Waals surface area (Å²) in [5.74, 6) is 0.468. The Hall–Kier alpha value is 0.540. The topological polar surface area (TPSA) is 12.0 Å². The number of hydrogen-bond donors (Lipinski definition) is 1. The van der Waals surface area contributed by atoms with Crippen LogP contribution in [-0.2, 0) is 0 Å². The molecule has 1 nitrogen and oxygen atoms in total. The van der Waals surface area contributed by atoms with Crippen molar-refractivity contribution in [1.82, 2.24) is 5.32 Å². The maximum Gasteiger partial charge on any atom is 0.0962 e. The van der Waals surface area contributed by atoms with Crippen LogP contribution in [0.25, 0.3) is 0 Å². The van der Waals surface area contributed by atoms with Crippen molar-refractivity contribution >= 4 is 23.2 Å². The molecule has 0 fully saturated rings. The average molecular weight is 142 g/mol. The van der Waals surface area contributed by atoms with Gasteiger partial charge in [0.2, 0.25) is 0 Å². The second-order valence-electron chi connectivity index (χ2n) is 1.18. The molecule has 0 aromatic heterocycles. The number of nitrogens with one attached hydrogen (secondary N) is 1. The second-order valence-corrected chi connectivity index (χ2v) is 2.01. The summed E-state index contributed by atoms with van der Waals surface area (Å²) in [6, 6.07) is 0. The van der Waals surface area contributed by atoms with Crippen molar-refractivity contribution in [2.24, 2.45) is 0 Å². The quantitative estimate of drug-likeness (QED) is 0.463. The van der Waals surface area contributed by atoms with Crippen LogP contribution in [0.5, 0.6) is 0 Å². The molecule has 0 rings (SSSR count). The van der Waals surface area contributed by atoms with Crippen LogP contribution in [0, 0.1) is 0 Å². The Bertz CT molecular complexity index is 40.7. The van der Waals surface area contributed by atoms with Crippen LogP contribution in [0.3, 0.4) is 0 Å². The van der Waals surface area contributed by atoms with Gasteiger partial charge in [0.15, 0.2) is 0 Å². The minimum absolute atomic E-state index is 0.0633. The van der Waals surface area contributed by atoms with E-state index in [1.807, 2.05) is 6.92 Å². The van der Waals surface area contributed by atoms with Crippen LogP contribution >= 0.6 is 23.2 Å². The van der Waals surface area contributed by atoms with Crippen LogP contribution < -0.4 is 5.32 Å². The van der Waals surface area contributed by atoms with Crippen molar-refractivity contribution in [2.75, 3.05) is 12.4 Å². The molecule has 0 amide bonds. The molecule has 1 atom stereocenters. The SMILES string of the molecule is CCNC(Cl)CCl. The fraction of sp³-hybridized carbons (Fsp3) is 1.00. The predicted octanol–water partition coefficient (Wildman–Crippen LogP) is 1.40. The number of rotatable bonds is 3. The van der Waals surface area contributed by atoms with E-state index in [0.717, 1.165) is 6.54 Å². The molecule has 0 aromatic rings. The molecule has 1 N–H and O–H groups in total. The Morgan fingerprint density at radius 3 is 2.43 bits per heavy atom. The minimum atomic E-state index is -0.0633. The van der Waals surface area contributed by atoms with Gasteiger partial charge < -0.3 is 5.32 Å². The van der Waals surface area contributed by atoms with E-state index in [4.69, 9.17) is 23.2 Å². The first-order valence-corrected chi connectivity index (χ1v) is 3.21. The molecule has 1 unspecified atom stereocenters. The Morgan fingerprint density at radius 2 is 2.29 bits per heavy atom. The molecular formula is C4H9Cl2N. The molecule has 0 saturated carbocycles. The van der Waals surface area contributed by atoms with Gasteiger partial charge in [0.1, 0.15) is 0 Å². The molecule has 0 aliphatic heterocycles. The first kappa shape index (κ1) is 7.54. The van der Waals surface area contributed by atoms with Gasteiger partial charge in [-0.25, -0.2) is 0 Å². The summed E-state index contributed by atoms with van der Waals surface area (Å²) < 4.78 is 0. The lowest BCUT2D eigenvalue weighted by Crippen LogP contribution is -2.24. The Kier molecular flexibility index (Phi) is 5.05. The highest BCUT2D eigenvalue weighted by Gasteiger charge is 1.94. The lowest BCUT2D eigenvalue weighted by atomic mass is 10.6. The highest BCUT2D eigenvalue weighted by Crippen LogP contribution is 1.91. The van der Waals surface area contributed by atoms with Gasteiger partial charge in [0.05, 0.1) is 11.4 Å². The summed E-state index contributed by atoms with van der Waals surface area (Å²) in [5.41, 5.74) is -0.0633. The molecule has 0 radical (unpaired) electrons. The summed E-state index contributed by atoms with van der Waals surface area (Å²) >= 11 is 10.9. The smallest absolute Gasteiger partial charge is 0.0962 e. The normalized spacial score (nSPS) is 14.1. The highest BCUT2D eigenvalue weighted by atomic mass is 35.5. The van der Waals surface area contributed by atoms with Gasteiger partial charge in [0, 0.05) is 0 Å². The molecule has 0 aromatic carbocycles. The molecule has 7 heavy (non-hydrogen) atoms. The number of hydrogen-bond acceptors (Lipinski definition) is 1. The van der Waals surface area contributed by atoms with E-state index in [1.54, 1.807) is 0 Å². The fourth-order valence-electron chi connectivity index (χ4n) is 0.276. The van der Waals surface area contributed by atoms with Gasteiger partial charge in [0.25, 0.3) is 0 Å². The minimum Gasteiger partial charge on any atom is -0.301 e. The largest absolute Gasteiger partial charge is 0.301 e. The number of halogens is 2. The van der Waals surface area contributed by atoms with Crippen molar-refractivity contribution in [3.8, 4) is 0 Å². The lowest BCUT2D eigenvalue weighted by Gasteiger charge is -2.02. The van der Waals surface area contributed by atoms with E-state index in [0.29, 0.717) is 5.88 Å². The maximum atomic E-state index is 5.52. The Morgan fingerprint density at radius 1 is 1.71 bits per heavy atom. The third-order valence-corrected chi connectivity index (χ3v) is 1.34. The van der Waals surface area contributed by atoms with Crippen LogP contribution in [0.1, 0.15) is 6.92 Å². The third kappa shape index (κ3) is 4.39. The molecule has 0 aliphatic rings. The van der Waals surface area contributed by atoms with Gasteiger partial charge in [-0.3, -0.25) is 0 Å². The zero-order valence-electron chi connectivity index (χ0n) is 4.25. The van der Waals surface area contributed by atoms with E-state index in [2.05, 4.69) is 5.32 Å². The van der Waals surface area contributed by atoms with E-state index < -0.39 is 0 Å². The van der Waals surface area contributed by atoms with E-state index in [1.165, 1.54) is 0 Å². The van der Waals surface area contributed by atoms with Gasteiger partial charge in [-0.05, 0) is 6.54 Å². The standard InChI is InChI=1S/C4H9Cl2N/c1-2-7-4(6)3-5/h4,7H,2-3H2,1H3. The number of alkyl halides is 2. The average Bonchev–Trinajstić information content (AvgIpc) is 1.68. The molecule has 3 heteroatoms.